The van der Waals surface area contributed by atoms with Crippen molar-refractivity contribution < 1.29 is 31.5 Å². The van der Waals surface area contributed by atoms with Crippen molar-refractivity contribution in [2.45, 2.75) is 49.5 Å². The summed E-state index contributed by atoms with van der Waals surface area (Å²) >= 11 is 4.26. The summed E-state index contributed by atoms with van der Waals surface area (Å²) in [6.07, 6.45) is 0.0827. The molecule has 37 heavy (non-hydrogen) atoms. The molecule has 1 fully saturated rings. The minimum atomic E-state index is -4.15. The Hall–Kier alpha value is -2.76. The number of nitrogens with zero attached hydrogens (tertiary/aromatic N) is 5. The number of ether oxygens (including phenoxy) is 1. The quantitative estimate of drug-likeness (QED) is 0.430. The number of benzene rings is 1. The molecule has 1 N–H and O–H groups in total. The van der Waals surface area contributed by atoms with Gasteiger partial charge in [0.1, 0.15) is 11.4 Å². The van der Waals surface area contributed by atoms with Gasteiger partial charge in [-0.2, -0.15) is 12.7 Å². The van der Waals surface area contributed by atoms with Crippen molar-refractivity contribution in [2.75, 3.05) is 13.1 Å². The topological polar surface area (TPSA) is 163 Å². The highest BCUT2D eigenvalue weighted by molar-refractivity contribution is 9.10. The summed E-state index contributed by atoms with van der Waals surface area (Å²) in [4.78, 5) is 24.4. The Bertz CT molecular complexity index is 1470. The summed E-state index contributed by atoms with van der Waals surface area (Å²) in [5.41, 5.74) is -0.512. The molecule has 2 aromatic heterocycles. The number of nitrogens with one attached hydrogen (secondary N) is 1. The van der Waals surface area contributed by atoms with Crippen LogP contribution in [0, 0.1) is 5.82 Å². The molecule has 1 atom stereocenters. The van der Waals surface area contributed by atoms with Gasteiger partial charge in [0, 0.05) is 18.3 Å². The molecule has 0 radical (unpaired) electrons. The summed E-state index contributed by atoms with van der Waals surface area (Å²) in [5, 5.41) is 11.5. The lowest BCUT2D eigenvalue weighted by molar-refractivity contribution is 0.0566. The first-order valence-corrected chi connectivity index (χ1v) is 14.0. The highest BCUT2D eigenvalue weighted by Gasteiger charge is 2.34. The molecule has 1 aliphatic rings. The minimum absolute atomic E-state index is 0.0286. The molecule has 0 bridgehead atoms. The standard InChI is InChI=1S/C20H22BrFN6O7S2/c1-20(2,3)33-18(29)26-37(31,32)27-8-4-5-12(10-27)36-17-15(23-35-25-17)16-24-34-19(30)28(16)11-6-7-14(22)13(21)9-11/h6-7,9,12H,4-5,8,10H2,1-3H3,(H,26,29)/t12-/m0/s1. The lowest BCUT2D eigenvalue weighted by Crippen LogP contribution is -2.49. The normalized spacial score (nSPS) is 17.1. The van der Waals surface area contributed by atoms with E-state index in [1.807, 2.05) is 4.72 Å². The van der Waals surface area contributed by atoms with E-state index >= 15 is 0 Å². The molecule has 0 spiro atoms. The van der Waals surface area contributed by atoms with Crippen molar-refractivity contribution in [3.63, 3.8) is 0 Å². The molecule has 13 nitrogen and oxygen atoms in total. The van der Waals surface area contributed by atoms with Crippen LogP contribution in [0.4, 0.5) is 9.18 Å². The van der Waals surface area contributed by atoms with Gasteiger partial charge < -0.3 is 4.74 Å². The van der Waals surface area contributed by atoms with Crippen LogP contribution in [0.5, 0.6) is 0 Å². The Balaban J connectivity index is 1.53. The van der Waals surface area contributed by atoms with Crippen LogP contribution in [0.3, 0.4) is 0 Å². The number of rotatable bonds is 6. The van der Waals surface area contributed by atoms with E-state index in [-0.39, 0.29) is 45.0 Å². The van der Waals surface area contributed by atoms with Gasteiger partial charge in [-0.1, -0.05) is 16.9 Å². The fourth-order valence-electron chi connectivity index (χ4n) is 3.49. The van der Waals surface area contributed by atoms with E-state index in [0.29, 0.717) is 12.8 Å². The number of carbonyl (C=O) groups excluding carboxylic acids is 1. The van der Waals surface area contributed by atoms with Crippen LogP contribution in [0.15, 0.2) is 41.6 Å². The number of carbonyl (C=O) groups is 1. The maximum Gasteiger partial charge on any atom is 0.446 e. The van der Waals surface area contributed by atoms with Gasteiger partial charge >= 0.3 is 22.1 Å². The zero-order chi connectivity index (χ0) is 27.0. The second-order valence-electron chi connectivity index (χ2n) is 8.97. The molecule has 0 saturated carbocycles. The van der Waals surface area contributed by atoms with Gasteiger partial charge in [-0.15, -0.1) is 0 Å². The molecule has 3 heterocycles. The molecule has 1 aliphatic heterocycles. The van der Waals surface area contributed by atoms with Crippen molar-refractivity contribution in [1.82, 2.24) is 29.1 Å². The second kappa shape index (κ2) is 10.5. The van der Waals surface area contributed by atoms with E-state index in [4.69, 9.17) is 13.9 Å². The van der Waals surface area contributed by atoms with Gasteiger partial charge in [-0.25, -0.2) is 27.9 Å². The molecule has 0 unspecified atom stereocenters. The van der Waals surface area contributed by atoms with Crippen molar-refractivity contribution in [3.8, 4) is 17.2 Å². The molecule has 1 amide bonds. The lowest BCUT2D eigenvalue weighted by Gasteiger charge is -2.31. The summed E-state index contributed by atoms with van der Waals surface area (Å²) in [6, 6.07) is 3.91. The van der Waals surface area contributed by atoms with Crippen molar-refractivity contribution in [3.05, 3.63) is 39.0 Å². The van der Waals surface area contributed by atoms with Crippen molar-refractivity contribution in [2.24, 2.45) is 0 Å². The predicted octanol–water partition coefficient (Wildman–Crippen LogP) is 3.10. The van der Waals surface area contributed by atoms with Crippen LogP contribution in [0.2, 0.25) is 0 Å². The maximum atomic E-state index is 13.7. The van der Waals surface area contributed by atoms with E-state index < -0.39 is 33.5 Å². The first-order chi connectivity index (χ1) is 17.3. The van der Waals surface area contributed by atoms with Gasteiger partial charge in [0.15, 0.2) is 10.7 Å². The lowest BCUT2D eigenvalue weighted by atomic mass is 10.2. The molecule has 0 aliphatic carbocycles. The average molecular weight is 621 g/mol. The third-order valence-corrected chi connectivity index (χ3v) is 8.26. The fraction of sp³-hybridized carbons (Fsp3) is 0.450. The zero-order valence-electron chi connectivity index (χ0n) is 19.8. The van der Waals surface area contributed by atoms with Crippen molar-refractivity contribution in [1.29, 1.82) is 0 Å². The summed E-state index contributed by atoms with van der Waals surface area (Å²) in [5.74, 6) is -1.39. The smallest absolute Gasteiger partial charge is 0.443 e. The van der Waals surface area contributed by atoms with Gasteiger partial charge in [0.2, 0.25) is 5.82 Å². The van der Waals surface area contributed by atoms with Crippen LogP contribution in [0.25, 0.3) is 17.2 Å². The first kappa shape index (κ1) is 27.3. The predicted molar refractivity (Wildman–Crippen MR) is 132 cm³/mol. The molecular formula is C20H22BrFN6O7S2. The molecule has 4 rings (SSSR count). The fourth-order valence-corrected chi connectivity index (χ4v) is 6.25. The van der Waals surface area contributed by atoms with Crippen LogP contribution < -0.4 is 10.5 Å². The van der Waals surface area contributed by atoms with Gasteiger partial charge in [0.25, 0.3) is 0 Å². The Morgan fingerprint density at radius 1 is 1.30 bits per heavy atom. The summed E-state index contributed by atoms with van der Waals surface area (Å²) in [7, 11) is -4.15. The highest BCUT2D eigenvalue weighted by atomic mass is 79.9. The Labute approximate surface area is 223 Å². The van der Waals surface area contributed by atoms with Crippen molar-refractivity contribution >= 4 is 44.0 Å². The summed E-state index contributed by atoms with van der Waals surface area (Å²) in [6.45, 7) is 5.14. The third-order valence-electron chi connectivity index (χ3n) is 5.01. The molecule has 200 valence electrons. The number of aromatic nitrogens is 4. The minimum Gasteiger partial charge on any atom is -0.443 e. The number of thioether (sulfide) groups is 1. The third kappa shape index (κ3) is 6.39. The van der Waals surface area contributed by atoms with E-state index in [0.717, 1.165) is 8.87 Å². The van der Waals surface area contributed by atoms with E-state index in [1.54, 1.807) is 20.8 Å². The number of amides is 1. The van der Waals surface area contributed by atoms with Gasteiger partial charge in [0.05, 0.1) is 10.2 Å². The van der Waals surface area contributed by atoms with Crippen LogP contribution in [0.1, 0.15) is 33.6 Å². The summed E-state index contributed by atoms with van der Waals surface area (Å²) < 4.78 is 58.2. The molecule has 17 heteroatoms. The number of halogens is 2. The first-order valence-electron chi connectivity index (χ1n) is 10.9. The largest absolute Gasteiger partial charge is 0.446 e. The molecule has 1 aromatic carbocycles. The molecule has 3 aromatic rings. The van der Waals surface area contributed by atoms with Gasteiger partial charge in [-0.3, -0.25) is 4.52 Å². The number of hydrogen-bond acceptors (Lipinski definition) is 11. The van der Waals surface area contributed by atoms with E-state index in [9.17, 15) is 22.4 Å². The van der Waals surface area contributed by atoms with Crippen LogP contribution in [-0.2, 0) is 14.9 Å². The van der Waals surface area contributed by atoms with Crippen LogP contribution >= 0.6 is 27.7 Å². The maximum absolute atomic E-state index is 13.7. The van der Waals surface area contributed by atoms with Gasteiger partial charge in [-0.05, 0) is 78.1 Å². The van der Waals surface area contributed by atoms with Crippen LogP contribution in [-0.4, -0.2) is 62.8 Å². The Morgan fingerprint density at radius 2 is 2.05 bits per heavy atom. The number of piperidine rings is 1. The number of hydrogen-bond donors (Lipinski definition) is 1. The van der Waals surface area contributed by atoms with E-state index in [2.05, 4.69) is 31.4 Å². The Morgan fingerprint density at radius 3 is 2.76 bits per heavy atom. The zero-order valence-corrected chi connectivity index (χ0v) is 23.0. The average Bonchev–Trinajstić information content (AvgIpc) is 3.40. The molecular weight excluding hydrogens is 599 g/mol. The highest BCUT2D eigenvalue weighted by Crippen LogP contribution is 2.35. The Kier molecular flexibility index (Phi) is 7.77. The molecule has 1 saturated heterocycles. The monoisotopic (exact) mass is 620 g/mol. The SMILES string of the molecule is CC(C)(C)OC(=O)NS(=O)(=O)N1CCC[C@H](Sc2nonc2-c2noc(=O)n2-c2ccc(F)c(Br)c2)C1. The second-order valence-corrected chi connectivity index (χ2v) is 12.8. The van der Waals surface area contributed by atoms with E-state index in [1.165, 1.54) is 30.0 Å².